The molecule has 0 amide bonds. The highest BCUT2D eigenvalue weighted by molar-refractivity contribution is 5.95. The maximum atomic E-state index is 14.6. The van der Waals surface area contributed by atoms with Gasteiger partial charge in [-0.1, -0.05) is 67.4 Å². The molecule has 6 heteroatoms. The Hall–Kier alpha value is -1.69. The highest BCUT2D eigenvalue weighted by Crippen LogP contribution is 2.75. The topological polar surface area (TPSA) is 95.7 Å². The number of hydrogen-bond acceptors (Lipinski definition) is 6. The maximum absolute atomic E-state index is 14.6. The third kappa shape index (κ3) is 4.53. The number of rotatable bonds is 5. The summed E-state index contributed by atoms with van der Waals surface area (Å²) in [5.41, 5.74) is 6.46. The van der Waals surface area contributed by atoms with E-state index in [1.54, 1.807) is 0 Å². The predicted molar refractivity (Wildman–Crippen MR) is 169 cm³/mol. The zero-order chi connectivity index (χ0) is 32.0. The zero-order valence-corrected chi connectivity index (χ0v) is 28.7. The molecule has 0 saturated heterocycles. The van der Waals surface area contributed by atoms with E-state index in [4.69, 9.17) is 15.2 Å². The van der Waals surface area contributed by atoms with Gasteiger partial charge < -0.3 is 15.2 Å². The number of fused-ring (bicyclic) bond motifs is 7. The third-order valence-electron chi connectivity index (χ3n) is 15.0. The monoisotopic (exact) mass is 597 g/mol. The Morgan fingerprint density at radius 1 is 0.977 bits per heavy atom. The van der Waals surface area contributed by atoms with Crippen molar-refractivity contribution in [1.29, 1.82) is 0 Å². The van der Waals surface area contributed by atoms with Gasteiger partial charge in [0.15, 0.2) is 5.78 Å². The fraction of sp³-hybridized carbons (Fsp3) is 0.865. The van der Waals surface area contributed by atoms with E-state index in [2.05, 4.69) is 54.5 Å². The van der Waals surface area contributed by atoms with Gasteiger partial charge in [0.1, 0.15) is 12.1 Å². The van der Waals surface area contributed by atoms with Crippen LogP contribution < -0.4 is 5.73 Å². The average molecular weight is 598 g/mol. The Balaban J connectivity index is 1.49. The SMILES string of the molecule is CC[C@H](C)[C@H](N)C(=O)O[C@H]1CC[C@]2(C)[C@H]3C(=O)C=C4[C@@H]5C[C@@](C)(C(=O)OC)CC[C@]5(C)CC[C@@]4(C)[C@]3(C)CC[C@H]2C1(C)C. The molecule has 0 aromatic heterocycles. The molecular weight excluding hydrogens is 538 g/mol. The summed E-state index contributed by atoms with van der Waals surface area (Å²) in [7, 11) is 1.50. The molecule has 6 nitrogen and oxygen atoms in total. The van der Waals surface area contributed by atoms with Crippen LogP contribution in [0.2, 0.25) is 0 Å². The Morgan fingerprint density at radius 3 is 2.26 bits per heavy atom. The Bertz CT molecular complexity index is 1210. The number of methoxy groups -OCH3 is 1. The molecule has 5 rings (SSSR count). The van der Waals surface area contributed by atoms with E-state index in [9.17, 15) is 14.4 Å². The molecule has 5 aliphatic rings. The summed E-state index contributed by atoms with van der Waals surface area (Å²) in [4.78, 5) is 40.7. The molecule has 4 saturated carbocycles. The van der Waals surface area contributed by atoms with Gasteiger partial charge in [-0.15, -0.1) is 0 Å². The molecule has 4 fully saturated rings. The van der Waals surface area contributed by atoms with Crippen LogP contribution in [0.15, 0.2) is 11.6 Å². The van der Waals surface area contributed by atoms with Crippen molar-refractivity contribution < 1.29 is 23.9 Å². The normalized spacial score (nSPS) is 46.6. The smallest absolute Gasteiger partial charge is 0.323 e. The summed E-state index contributed by atoms with van der Waals surface area (Å²) in [6, 6.07) is -0.606. The first-order valence-corrected chi connectivity index (χ1v) is 17.1. The number of esters is 2. The van der Waals surface area contributed by atoms with Crippen LogP contribution in [0, 0.1) is 56.2 Å². The molecule has 242 valence electrons. The minimum absolute atomic E-state index is 0.0773. The first-order valence-electron chi connectivity index (χ1n) is 17.1. The second-order valence-corrected chi connectivity index (χ2v) is 17.4. The molecule has 43 heavy (non-hydrogen) atoms. The summed E-state index contributed by atoms with van der Waals surface area (Å²) in [5.74, 6) is 0.338. The lowest BCUT2D eigenvalue weighted by atomic mass is 9.33. The lowest BCUT2D eigenvalue weighted by Gasteiger charge is -2.70. The summed E-state index contributed by atoms with van der Waals surface area (Å²) in [6.07, 6.45) is 11.1. The van der Waals surface area contributed by atoms with Crippen LogP contribution in [0.3, 0.4) is 0 Å². The largest absolute Gasteiger partial charge is 0.469 e. The van der Waals surface area contributed by atoms with Gasteiger partial charge in [-0.3, -0.25) is 14.4 Å². The molecule has 5 aliphatic carbocycles. The summed E-state index contributed by atoms with van der Waals surface area (Å²) >= 11 is 0. The van der Waals surface area contributed by atoms with Gasteiger partial charge in [-0.25, -0.2) is 0 Å². The minimum Gasteiger partial charge on any atom is -0.469 e. The second kappa shape index (κ2) is 10.4. The van der Waals surface area contributed by atoms with E-state index < -0.39 is 11.5 Å². The van der Waals surface area contributed by atoms with Crippen LogP contribution in [-0.2, 0) is 23.9 Å². The van der Waals surface area contributed by atoms with E-state index in [1.165, 1.54) is 12.7 Å². The summed E-state index contributed by atoms with van der Waals surface area (Å²) in [5, 5.41) is 0. The highest BCUT2D eigenvalue weighted by Gasteiger charge is 2.70. The summed E-state index contributed by atoms with van der Waals surface area (Å²) < 4.78 is 11.5. The Labute approximate surface area is 260 Å². The Morgan fingerprint density at radius 2 is 1.63 bits per heavy atom. The first-order chi connectivity index (χ1) is 19.8. The van der Waals surface area contributed by atoms with E-state index in [0.29, 0.717) is 0 Å². The minimum atomic E-state index is -0.606. The molecule has 0 radical (unpaired) electrons. The molecule has 0 spiro atoms. The van der Waals surface area contributed by atoms with E-state index in [0.717, 1.165) is 64.2 Å². The second-order valence-electron chi connectivity index (χ2n) is 17.4. The van der Waals surface area contributed by atoms with Crippen LogP contribution in [0.5, 0.6) is 0 Å². The van der Waals surface area contributed by atoms with Gasteiger partial charge in [0.2, 0.25) is 0 Å². The lowest BCUT2D eigenvalue weighted by molar-refractivity contribution is -0.212. The van der Waals surface area contributed by atoms with Crippen molar-refractivity contribution in [3.63, 3.8) is 0 Å². The Kier molecular flexibility index (Phi) is 7.92. The number of carbonyl (C=O) groups is 3. The standard InChI is InChI=1S/C37H59NO5/c1-11-22(2)28(38)30(40)43-27-13-14-35(7)26(32(27,3)4)12-15-37(9)29(35)25(39)20-23-24-21-34(6,31(41)42-10)17-16-33(24,5)18-19-36(23,37)8/h20,22,24,26-29H,11-19,21,38H2,1-10H3/t22-,24-,26-,27-,28-,29+,33+,34-,35-,36+,37+/m0/s1. The molecule has 2 N–H and O–H groups in total. The number of ether oxygens (including phenoxy) is 2. The van der Waals surface area contributed by atoms with Crippen LogP contribution in [-0.4, -0.2) is 37.0 Å². The van der Waals surface area contributed by atoms with Gasteiger partial charge in [-0.05, 0) is 110 Å². The van der Waals surface area contributed by atoms with E-state index in [-0.39, 0.29) is 74.6 Å². The quantitative estimate of drug-likeness (QED) is 0.331. The highest BCUT2D eigenvalue weighted by atomic mass is 16.5. The zero-order valence-electron chi connectivity index (χ0n) is 28.7. The van der Waals surface area contributed by atoms with Gasteiger partial charge in [0.05, 0.1) is 12.5 Å². The fourth-order valence-electron chi connectivity index (χ4n) is 11.5. The van der Waals surface area contributed by atoms with E-state index in [1.807, 2.05) is 13.8 Å². The van der Waals surface area contributed by atoms with Crippen molar-refractivity contribution in [2.45, 2.75) is 139 Å². The number of allylic oxidation sites excluding steroid dienone is 2. The summed E-state index contributed by atoms with van der Waals surface area (Å²) in [6.45, 7) is 20.2. The van der Waals surface area contributed by atoms with Crippen LogP contribution in [0.1, 0.15) is 127 Å². The average Bonchev–Trinajstić information content (AvgIpc) is 2.95. The molecule has 0 aromatic rings. The van der Waals surface area contributed by atoms with Gasteiger partial charge in [0, 0.05) is 11.3 Å². The number of ketones is 1. The molecule has 0 heterocycles. The van der Waals surface area contributed by atoms with Crippen molar-refractivity contribution in [3.8, 4) is 0 Å². The third-order valence-corrected chi connectivity index (χ3v) is 15.0. The van der Waals surface area contributed by atoms with Crippen molar-refractivity contribution in [1.82, 2.24) is 0 Å². The van der Waals surface area contributed by atoms with Crippen molar-refractivity contribution in [3.05, 3.63) is 11.6 Å². The first kappa shape index (κ1) is 32.7. The lowest BCUT2D eigenvalue weighted by Crippen LogP contribution is -2.67. The van der Waals surface area contributed by atoms with Crippen molar-refractivity contribution >= 4 is 17.7 Å². The maximum Gasteiger partial charge on any atom is 0.323 e. The van der Waals surface area contributed by atoms with Gasteiger partial charge in [0.25, 0.3) is 0 Å². The number of carbonyl (C=O) groups excluding carboxylic acids is 3. The molecule has 0 unspecified atom stereocenters. The molecular formula is C37H59NO5. The van der Waals surface area contributed by atoms with Gasteiger partial charge >= 0.3 is 11.9 Å². The molecule has 11 atom stereocenters. The van der Waals surface area contributed by atoms with Crippen molar-refractivity contribution in [2.24, 2.45) is 61.9 Å². The van der Waals surface area contributed by atoms with Crippen LogP contribution in [0.25, 0.3) is 0 Å². The van der Waals surface area contributed by atoms with Crippen LogP contribution in [0.4, 0.5) is 0 Å². The van der Waals surface area contributed by atoms with E-state index >= 15 is 0 Å². The number of nitrogens with two attached hydrogens (primary N) is 1. The number of hydrogen-bond donors (Lipinski definition) is 1. The predicted octanol–water partition coefficient (Wildman–Crippen LogP) is 7.43. The van der Waals surface area contributed by atoms with Crippen molar-refractivity contribution in [2.75, 3.05) is 7.11 Å². The van der Waals surface area contributed by atoms with Gasteiger partial charge in [-0.2, -0.15) is 0 Å². The fourth-order valence-corrected chi connectivity index (χ4v) is 11.5. The molecule has 0 aromatic carbocycles. The molecule has 0 bridgehead atoms. The van der Waals surface area contributed by atoms with Crippen LogP contribution >= 0.6 is 0 Å². The molecule has 0 aliphatic heterocycles.